The molecule has 3 rings (SSSR count). The largest absolute Gasteiger partial charge is 0.465 e. The highest BCUT2D eigenvalue weighted by atomic mass is 16.4. The van der Waals surface area contributed by atoms with E-state index >= 15 is 0 Å². The summed E-state index contributed by atoms with van der Waals surface area (Å²) in [7, 11) is 0. The smallest absolute Gasteiger partial charge is 0.407 e. The van der Waals surface area contributed by atoms with Gasteiger partial charge in [0, 0.05) is 19.5 Å². The summed E-state index contributed by atoms with van der Waals surface area (Å²) in [6, 6.07) is 0. The number of H-pyrrole nitrogens is 1. The molecule has 1 aliphatic carbocycles. The molecule has 80 valence electrons. The Morgan fingerprint density at radius 2 is 2.27 bits per heavy atom. The second-order valence-corrected chi connectivity index (χ2v) is 4.23. The van der Waals surface area contributed by atoms with E-state index in [1.54, 1.807) is 0 Å². The standard InChI is InChI=1S/C8H11N5O2/c14-8(15)13-2-5-4(6(5)3-13)1-7-9-11-12-10-7/h4-6H,1-3H2,(H,14,15)(H,9,10,11,12)/t4-,5+,6?/m1/s1. The number of aromatic amines is 1. The van der Waals surface area contributed by atoms with Gasteiger partial charge < -0.3 is 10.0 Å². The lowest BCUT2D eigenvalue weighted by Gasteiger charge is -2.14. The number of rotatable bonds is 2. The Morgan fingerprint density at radius 3 is 2.80 bits per heavy atom. The summed E-state index contributed by atoms with van der Waals surface area (Å²) < 4.78 is 0. The van der Waals surface area contributed by atoms with Crippen LogP contribution in [0.1, 0.15) is 5.82 Å². The van der Waals surface area contributed by atoms with Crippen LogP contribution in [0.3, 0.4) is 0 Å². The molecule has 2 N–H and O–H groups in total. The first-order chi connectivity index (χ1) is 7.25. The summed E-state index contributed by atoms with van der Waals surface area (Å²) in [5.74, 6) is 2.41. The predicted octanol–water partition coefficient (Wildman–Crippen LogP) is -0.402. The Hall–Kier alpha value is -1.66. The van der Waals surface area contributed by atoms with E-state index in [9.17, 15) is 4.79 Å². The quantitative estimate of drug-likeness (QED) is 0.690. The Balaban J connectivity index is 1.57. The van der Waals surface area contributed by atoms with Gasteiger partial charge >= 0.3 is 6.09 Å². The first-order valence-corrected chi connectivity index (χ1v) is 4.96. The van der Waals surface area contributed by atoms with Gasteiger partial charge in [-0.3, -0.25) is 0 Å². The maximum atomic E-state index is 10.7. The number of hydrogen-bond donors (Lipinski definition) is 2. The summed E-state index contributed by atoms with van der Waals surface area (Å²) in [6.45, 7) is 1.35. The monoisotopic (exact) mass is 209 g/mol. The van der Waals surface area contributed by atoms with Gasteiger partial charge in [0.2, 0.25) is 0 Å². The number of aromatic nitrogens is 4. The third-order valence-corrected chi connectivity index (χ3v) is 3.46. The molecule has 1 unspecified atom stereocenters. The minimum atomic E-state index is -0.803. The highest BCUT2D eigenvalue weighted by Crippen LogP contribution is 2.52. The molecule has 1 aromatic heterocycles. The second-order valence-electron chi connectivity index (χ2n) is 4.23. The van der Waals surface area contributed by atoms with Gasteiger partial charge in [-0.25, -0.2) is 9.89 Å². The highest BCUT2D eigenvalue weighted by molar-refractivity contribution is 5.65. The van der Waals surface area contributed by atoms with Crippen LogP contribution < -0.4 is 0 Å². The van der Waals surface area contributed by atoms with Gasteiger partial charge in [-0.2, -0.15) is 0 Å². The number of tetrazole rings is 1. The Labute approximate surface area is 85.5 Å². The van der Waals surface area contributed by atoms with E-state index in [1.165, 1.54) is 4.90 Å². The number of carboxylic acid groups (broad SMARTS) is 1. The molecule has 15 heavy (non-hydrogen) atoms. The molecule has 1 aliphatic heterocycles. The van der Waals surface area contributed by atoms with Crippen LogP contribution in [0.5, 0.6) is 0 Å². The van der Waals surface area contributed by atoms with Crippen LogP contribution in [-0.2, 0) is 6.42 Å². The normalized spacial score (nSPS) is 32.8. The zero-order valence-electron chi connectivity index (χ0n) is 8.00. The Morgan fingerprint density at radius 1 is 1.53 bits per heavy atom. The number of amides is 1. The average molecular weight is 209 g/mol. The molecule has 2 fully saturated rings. The molecule has 0 radical (unpaired) electrons. The van der Waals surface area contributed by atoms with Crippen molar-refractivity contribution in [2.24, 2.45) is 17.8 Å². The molecule has 0 aromatic carbocycles. The lowest BCUT2D eigenvalue weighted by molar-refractivity contribution is 0.148. The fourth-order valence-corrected chi connectivity index (χ4v) is 2.60. The molecule has 1 saturated carbocycles. The number of nitrogens with zero attached hydrogens (tertiary/aromatic N) is 4. The molecule has 0 spiro atoms. The molecule has 1 amide bonds. The molecular weight excluding hydrogens is 198 g/mol. The van der Waals surface area contributed by atoms with Gasteiger partial charge in [-0.1, -0.05) is 0 Å². The molecule has 3 atom stereocenters. The molecule has 1 aromatic rings. The van der Waals surface area contributed by atoms with E-state index in [4.69, 9.17) is 5.11 Å². The summed E-state index contributed by atoms with van der Waals surface area (Å²) in [5.41, 5.74) is 0. The molecule has 7 nitrogen and oxygen atoms in total. The van der Waals surface area contributed by atoms with Gasteiger partial charge in [0.1, 0.15) is 5.82 Å². The Bertz CT molecular complexity index is 366. The van der Waals surface area contributed by atoms with Crippen molar-refractivity contribution < 1.29 is 9.90 Å². The molecule has 7 heteroatoms. The third-order valence-electron chi connectivity index (χ3n) is 3.46. The summed E-state index contributed by atoms with van der Waals surface area (Å²) in [4.78, 5) is 12.2. The molecular formula is C8H11N5O2. The second kappa shape index (κ2) is 2.91. The van der Waals surface area contributed by atoms with Crippen LogP contribution in [0.4, 0.5) is 4.79 Å². The number of likely N-dealkylation sites (tertiary alicyclic amines) is 1. The van der Waals surface area contributed by atoms with Crippen molar-refractivity contribution in [1.29, 1.82) is 0 Å². The SMILES string of the molecule is O=C(O)N1CC2[C@@H](C1)[C@H]2Cc1nnn[nH]1. The van der Waals surface area contributed by atoms with Crippen molar-refractivity contribution in [3.63, 3.8) is 0 Å². The number of fused-ring (bicyclic) bond motifs is 1. The third kappa shape index (κ3) is 1.34. The van der Waals surface area contributed by atoms with Gasteiger partial charge in [0.05, 0.1) is 0 Å². The predicted molar refractivity (Wildman–Crippen MR) is 47.9 cm³/mol. The van der Waals surface area contributed by atoms with E-state index in [2.05, 4.69) is 20.6 Å². The first kappa shape index (κ1) is 8.63. The molecule has 0 bridgehead atoms. The minimum absolute atomic E-state index is 0.520. The fourth-order valence-electron chi connectivity index (χ4n) is 2.60. The van der Waals surface area contributed by atoms with Crippen molar-refractivity contribution >= 4 is 6.09 Å². The average Bonchev–Trinajstić information content (AvgIpc) is 2.62. The van der Waals surface area contributed by atoms with Crippen LogP contribution >= 0.6 is 0 Å². The van der Waals surface area contributed by atoms with E-state index in [-0.39, 0.29) is 0 Å². The minimum Gasteiger partial charge on any atom is -0.465 e. The maximum absolute atomic E-state index is 10.7. The summed E-state index contributed by atoms with van der Waals surface area (Å²) in [5, 5.41) is 22.4. The fraction of sp³-hybridized carbons (Fsp3) is 0.750. The van der Waals surface area contributed by atoms with Crippen molar-refractivity contribution in [3.05, 3.63) is 5.82 Å². The van der Waals surface area contributed by atoms with Crippen molar-refractivity contribution in [3.8, 4) is 0 Å². The van der Waals surface area contributed by atoms with E-state index in [0.29, 0.717) is 30.8 Å². The van der Waals surface area contributed by atoms with E-state index < -0.39 is 6.09 Å². The number of nitrogens with one attached hydrogen (secondary N) is 1. The van der Waals surface area contributed by atoms with Crippen molar-refractivity contribution in [2.45, 2.75) is 6.42 Å². The number of piperidine rings is 1. The maximum Gasteiger partial charge on any atom is 0.407 e. The first-order valence-electron chi connectivity index (χ1n) is 4.96. The van der Waals surface area contributed by atoms with Crippen molar-refractivity contribution in [2.75, 3.05) is 13.1 Å². The van der Waals surface area contributed by atoms with Crippen LogP contribution in [0, 0.1) is 17.8 Å². The van der Waals surface area contributed by atoms with Gasteiger partial charge in [0.15, 0.2) is 0 Å². The lowest BCUT2D eigenvalue weighted by Crippen LogP contribution is -2.30. The van der Waals surface area contributed by atoms with Crippen molar-refractivity contribution in [1.82, 2.24) is 25.5 Å². The Kier molecular flexibility index (Phi) is 1.68. The topological polar surface area (TPSA) is 95.0 Å². The van der Waals surface area contributed by atoms with Gasteiger partial charge in [0.25, 0.3) is 0 Å². The van der Waals surface area contributed by atoms with E-state index in [0.717, 1.165) is 12.2 Å². The zero-order chi connectivity index (χ0) is 10.4. The van der Waals surface area contributed by atoms with E-state index in [1.807, 2.05) is 0 Å². The molecule has 2 heterocycles. The van der Waals surface area contributed by atoms with Crippen LogP contribution in [0.2, 0.25) is 0 Å². The molecule has 1 saturated heterocycles. The number of hydrogen-bond acceptors (Lipinski definition) is 4. The zero-order valence-corrected chi connectivity index (χ0v) is 8.00. The number of carbonyl (C=O) groups is 1. The van der Waals surface area contributed by atoms with Crippen LogP contribution in [0.15, 0.2) is 0 Å². The van der Waals surface area contributed by atoms with Crippen LogP contribution in [0.25, 0.3) is 0 Å². The van der Waals surface area contributed by atoms with Crippen LogP contribution in [-0.4, -0.2) is 49.8 Å². The lowest BCUT2D eigenvalue weighted by atomic mass is 10.2. The highest BCUT2D eigenvalue weighted by Gasteiger charge is 2.56. The summed E-state index contributed by atoms with van der Waals surface area (Å²) >= 11 is 0. The van der Waals surface area contributed by atoms with Gasteiger partial charge in [-0.15, -0.1) is 5.10 Å². The summed E-state index contributed by atoms with van der Waals surface area (Å²) in [6.07, 6.45) is 0.0396. The molecule has 2 aliphatic rings. The van der Waals surface area contributed by atoms with Gasteiger partial charge in [-0.05, 0) is 28.2 Å².